The number of carbonyl (C=O) groups is 1. The summed E-state index contributed by atoms with van der Waals surface area (Å²) in [6.07, 6.45) is 7.99. The van der Waals surface area contributed by atoms with Gasteiger partial charge in [-0.05, 0) is 55.5 Å². The molecule has 1 aliphatic carbocycles. The molecule has 1 amide bonds. The molecule has 27 heavy (non-hydrogen) atoms. The van der Waals surface area contributed by atoms with Crippen molar-refractivity contribution in [2.45, 2.75) is 44.7 Å². The van der Waals surface area contributed by atoms with Crippen LogP contribution in [0.2, 0.25) is 0 Å². The molecule has 0 spiro atoms. The molecule has 1 saturated carbocycles. The van der Waals surface area contributed by atoms with Gasteiger partial charge in [-0.25, -0.2) is 0 Å². The van der Waals surface area contributed by atoms with Crippen LogP contribution in [-0.2, 0) is 7.05 Å². The van der Waals surface area contributed by atoms with E-state index in [-0.39, 0.29) is 11.9 Å². The Bertz CT molecular complexity index is 920. The Labute approximate surface area is 157 Å². The van der Waals surface area contributed by atoms with Crippen LogP contribution in [0, 0.1) is 6.92 Å². The molecule has 4 rings (SSSR count). The van der Waals surface area contributed by atoms with Crippen molar-refractivity contribution in [3.05, 3.63) is 47.8 Å². The molecule has 0 unspecified atom stereocenters. The van der Waals surface area contributed by atoms with Crippen molar-refractivity contribution < 1.29 is 4.79 Å². The number of carbonyl (C=O) groups excluding carboxylic acids is 1. The van der Waals surface area contributed by atoms with Gasteiger partial charge in [0.25, 0.3) is 5.91 Å². The Morgan fingerprint density at radius 2 is 1.89 bits per heavy atom. The molecule has 140 valence electrons. The standard InChI is InChI=1S/C19H23N7O/c1-13-11-20-26(12-13)17-9-7-16(8-10-17)21-19(27)15-5-3-14(4-6-15)18-22-24-25(2)23-18/h3-6,11-12,16-17H,7-10H2,1-2H3,(H,21,27). The molecule has 8 heteroatoms. The van der Waals surface area contributed by atoms with E-state index in [9.17, 15) is 4.79 Å². The van der Waals surface area contributed by atoms with Gasteiger partial charge in [0.1, 0.15) is 0 Å². The smallest absolute Gasteiger partial charge is 0.251 e. The highest BCUT2D eigenvalue weighted by Gasteiger charge is 2.24. The minimum absolute atomic E-state index is 0.0351. The highest BCUT2D eigenvalue weighted by atomic mass is 16.1. The topological polar surface area (TPSA) is 90.5 Å². The SMILES string of the molecule is Cc1cnn(C2CCC(NC(=O)c3ccc(-c4nnn(C)n4)cc3)CC2)c1. The minimum Gasteiger partial charge on any atom is -0.349 e. The maximum atomic E-state index is 12.5. The zero-order chi connectivity index (χ0) is 18.8. The van der Waals surface area contributed by atoms with Crippen LogP contribution in [0.5, 0.6) is 0 Å². The molecule has 2 aromatic heterocycles. The Balaban J connectivity index is 1.33. The van der Waals surface area contributed by atoms with E-state index in [1.54, 1.807) is 19.2 Å². The highest BCUT2D eigenvalue weighted by molar-refractivity contribution is 5.94. The van der Waals surface area contributed by atoms with E-state index in [0.29, 0.717) is 17.4 Å². The first kappa shape index (κ1) is 17.4. The number of tetrazole rings is 1. The van der Waals surface area contributed by atoms with Gasteiger partial charge in [0, 0.05) is 23.4 Å². The normalized spacial score (nSPS) is 19.8. The maximum Gasteiger partial charge on any atom is 0.251 e. The van der Waals surface area contributed by atoms with Gasteiger partial charge in [-0.1, -0.05) is 12.1 Å². The predicted octanol–water partition coefficient (Wildman–Crippen LogP) is 2.30. The molecule has 0 radical (unpaired) electrons. The number of hydrogen-bond donors (Lipinski definition) is 1. The number of rotatable bonds is 4. The lowest BCUT2D eigenvalue weighted by molar-refractivity contribution is 0.0921. The van der Waals surface area contributed by atoms with Gasteiger partial charge in [-0.15, -0.1) is 10.2 Å². The molecule has 3 aromatic rings. The van der Waals surface area contributed by atoms with Gasteiger partial charge in [-0.2, -0.15) is 9.90 Å². The summed E-state index contributed by atoms with van der Waals surface area (Å²) in [7, 11) is 1.72. The van der Waals surface area contributed by atoms with Gasteiger partial charge in [0.2, 0.25) is 5.82 Å². The molecule has 1 aliphatic rings. The van der Waals surface area contributed by atoms with E-state index in [1.165, 1.54) is 10.4 Å². The van der Waals surface area contributed by atoms with Crippen LogP contribution in [-0.4, -0.2) is 41.9 Å². The first-order chi connectivity index (χ1) is 13.1. The molecular weight excluding hydrogens is 342 g/mol. The first-order valence-electron chi connectivity index (χ1n) is 9.24. The summed E-state index contributed by atoms with van der Waals surface area (Å²) in [4.78, 5) is 14.0. The van der Waals surface area contributed by atoms with Crippen molar-refractivity contribution in [3.8, 4) is 11.4 Å². The van der Waals surface area contributed by atoms with E-state index in [1.807, 2.05) is 18.3 Å². The Morgan fingerprint density at radius 3 is 2.48 bits per heavy atom. The Kier molecular flexibility index (Phi) is 4.70. The van der Waals surface area contributed by atoms with Crippen LogP contribution in [0.4, 0.5) is 0 Å². The molecule has 0 atom stereocenters. The summed E-state index contributed by atoms with van der Waals surface area (Å²) >= 11 is 0. The summed E-state index contributed by atoms with van der Waals surface area (Å²) in [5.41, 5.74) is 2.67. The minimum atomic E-state index is -0.0351. The van der Waals surface area contributed by atoms with Gasteiger partial charge in [-0.3, -0.25) is 9.48 Å². The Hall–Kier alpha value is -3.03. The van der Waals surface area contributed by atoms with Crippen LogP contribution in [0.1, 0.15) is 47.6 Å². The fourth-order valence-corrected chi connectivity index (χ4v) is 3.56. The number of aromatic nitrogens is 6. The van der Waals surface area contributed by atoms with Crippen molar-refractivity contribution >= 4 is 5.91 Å². The Morgan fingerprint density at radius 1 is 1.15 bits per heavy atom. The van der Waals surface area contributed by atoms with Crippen LogP contribution in [0.3, 0.4) is 0 Å². The van der Waals surface area contributed by atoms with Gasteiger partial charge in [0.15, 0.2) is 0 Å². The second kappa shape index (κ2) is 7.30. The second-order valence-electron chi connectivity index (χ2n) is 7.16. The molecule has 0 bridgehead atoms. The van der Waals surface area contributed by atoms with Gasteiger partial charge < -0.3 is 5.32 Å². The van der Waals surface area contributed by atoms with Gasteiger partial charge in [0.05, 0.1) is 19.3 Å². The average molecular weight is 365 g/mol. The van der Waals surface area contributed by atoms with Crippen LogP contribution >= 0.6 is 0 Å². The van der Waals surface area contributed by atoms with Crippen molar-refractivity contribution in [2.24, 2.45) is 7.05 Å². The number of hydrogen-bond acceptors (Lipinski definition) is 5. The van der Waals surface area contributed by atoms with E-state index in [4.69, 9.17) is 0 Å². The molecule has 1 fully saturated rings. The van der Waals surface area contributed by atoms with Crippen molar-refractivity contribution in [1.29, 1.82) is 0 Å². The monoisotopic (exact) mass is 365 g/mol. The third-order valence-corrected chi connectivity index (χ3v) is 5.05. The molecular formula is C19H23N7O. The van der Waals surface area contributed by atoms with E-state index >= 15 is 0 Å². The summed E-state index contributed by atoms with van der Waals surface area (Å²) in [5.74, 6) is 0.517. The van der Waals surface area contributed by atoms with Crippen LogP contribution in [0.15, 0.2) is 36.7 Å². The summed E-state index contributed by atoms with van der Waals surface area (Å²) < 4.78 is 2.06. The van der Waals surface area contributed by atoms with E-state index in [0.717, 1.165) is 31.2 Å². The van der Waals surface area contributed by atoms with E-state index in [2.05, 4.69) is 43.6 Å². The lowest BCUT2D eigenvalue weighted by atomic mass is 9.91. The summed E-state index contributed by atoms with van der Waals surface area (Å²) in [6, 6.07) is 7.96. The number of aryl methyl sites for hydroxylation is 2. The fourth-order valence-electron chi connectivity index (χ4n) is 3.56. The number of nitrogens with one attached hydrogen (secondary N) is 1. The zero-order valence-electron chi connectivity index (χ0n) is 15.5. The maximum absolute atomic E-state index is 12.5. The van der Waals surface area contributed by atoms with Crippen molar-refractivity contribution in [3.63, 3.8) is 0 Å². The number of benzene rings is 1. The predicted molar refractivity (Wildman–Crippen MR) is 100.0 cm³/mol. The summed E-state index contributed by atoms with van der Waals surface area (Å²) in [6.45, 7) is 2.06. The van der Waals surface area contributed by atoms with Crippen LogP contribution in [0.25, 0.3) is 11.4 Å². The molecule has 1 aromatic carbocycles. The molecule has 8 nitrogen and oxygen atoms in total. The van der Waals surface area contributed by atoms with Crippen LogP contribution < -0.4 is 5.32 Å². The first-order valence-corrected chi connectivity index (χ1v) is 9.24. The molecule has 1 N–H and O–H groups in total. The van der Waals surface area contributed by atoms with Crippen molar-refractivity contribution in [2.75, 3.05) is 0 Å². The van der Waals surface area contributed by atoms with Crippen molar-refractivity contribution in [1.82, 2.24) is 35.3 Å². The molecule has 0 aliphatic heterocycles. The third-order valence-electron chi connectivity index (χ3n) is 5.05. The number of nitrogens with zero attached hydrogens (tertiary/aromatic N) is 6. The molecule has 0 saturated heterocycles. The largest absolute Gasteiger partial charge is 0.349 e. The summed E-state index contributed by atoms with van der Waals surface area (Å²) in [5, 5.41) is 19.6. The molecule has 2 heterocycles. The zero-order valence-corrected chi connectivity index (χ0v) is 15.5. The number of amides is 1. The van der Waals surface area contributed by atoms with E-state index < -0.39 is 0 Å². The fraction of sp³-hybridized carbons (Fsp3) is 0.421. The second-order valence-corrected chi connectivity index (χ2v) is 7.16. The highest BCUT2D eigenvalue weighted by Crippen LogP contribution is 2.28. The average Bonchev–Trinajstić information content (AvgIpc) is 3.31. The third kappa shape index (κ3) is 3.89. The lowest BCUT2D eigenvalue weighted by Gasteiger charge is -2.29. The van der Waals surface area contributed by atoms with Gasteiger partial charge >= 0.3 is 0 Å². The quantitative estimate of drug-likeness (QED) is 0.766. The lowest BCUT2D eigenvalue weighted by Crippen LogP contribution is -2.38.